The lowest BCUT2D eigenvalue weighted by Gasteiger charge is -2.11. The molecular weight excluding hydrogens is 267 g/mol. The largest absolute Gasteiger partial charge is 0.494 e. The van der Waals surface area contributed by atoms with Crippen LogP contribution < -0.4 is 11.2 Å². The maximum atomic E-state index is 13.2. The molecule has 0 radical (unpaired) electrons. The zero-order valence-corrected chi connectivity index (χ0v) is 10.7. The maximum Gasteiger partial charge on any atom is 0.331 e. The van der Waals surface area contributed by atoms with Crippen molar-refractivity contribution >= 4 is 0 Å². The van der Waals surface area contributed by atoms with E-state index in [0.717, 1.165) is 10.6 Å². The highest BCUT2D eigenvalue weighted by Gasteiger charge is 2.16. The molecule has 0 fully saturated rings. The van der Waals surface area contributed by atoms with Crippen LogP contribution in [0.2, 0.25) is 0 Å². The second-order valence-electron chi connectivity index (χ2n) is 4.11. The molecular formula is C13H13FN2O4. The predicted octanol–water partition coefficient (Wildman–Crippen LogP) is 0.695. The van der Waals surface area contributed by atoms with Crippen molar-refractivity contribution in [2.45, 2.75) is 6.54 Å². The van der Waals surface area contributed by atoms with Crippen molar-refractivity contribution in [3.63, 3.8) is 0 Å². The van der Waals surface area contributed by atoms with Crippen LogP contribution in [0, 0.1) is 5.82 Å². The summed E-state index contributed by atoms with van der Waals surface area (Å²) in [6.45, 7) is 0.252. The summed E-state index contributed by atoms with van der Waals surface area (Å²) < 4.78 is 19.0. The number of rotatable bonds is 4. The summed E-state index contributed by atoms with van der Waals surface area (Å²) in [4.78, 5) is 25.5. The Bertz CT molecular complexity index is 736. The van der Waals surface area contributed by atoms with E-state index in [4.69, 9.17) is 4.74 Å². The van der Waals surface area contributed by atoms with E-state index in [2.05, 4.69) is 4.98 Å². The Morgan fingerprint density at radius 3 is 2.80 bits per heavy atom. The molecule has 0 aliphatic carbocycles. The number of nitrogens with one attached hydrogen (secondary N) is 1. The first kappa shape index (κ1) is 14.0. The van der Waals surface area contributed by atoms with Gasteiger partial charge in [0, 0.05) is 7.11 Å². The van der Waals surface area contributed by atoms with Crippen LogP contribution in [0.15, 0.2) is 33.9 Å². The van der Waals surface area contributed by atoms with Crippen molar-refractivity contribution in [1.82, 2.24) is 9.55 Å². The molecule has 20 heavy (non-hydrogen) atoms. The minimum absolute atomic E-state index is 0.0697. The molecule has 0 saturated heterocycles. The van der Waals surface area contributed by atoms with E-state index in [0.29, 0.717) is 0 Å². The molecule has 6 nitrogen and oxygen atoms in total. The number of aromatic nitrogens is 2. The van der Waals surface area contributed by atoms with E-state index in [1.807, 2.05) is 0 Å². The second kappa shape index (κ2) is 5.70. The number of H-pyrrole nitrogens is 1. The SMILES string of the molecule is COCCn1c(O)c(-c2cccc(F)c2)c(=O)[nH]c1=O. The van der Waals surface area contributed by atoms with Gasteiger partial charge >= 0.3 is 5.69 Å². The van der Waals surface area contributed by atoms with Crippen molar-refractivity contribution in [3.8, 4) is 17.0 Å². The Hall–Kier alpha value is -2.41. The molecule has 0 bridgehead atoms. The number of ether oxygens (including phenoxy) is 1. The van der Waals surface area contributed by atoms with Gasteiger partial charge in [0.05, 0.1) is 13.2 Å². The molecule has 2 rings (SSSR count). The van der Waals surface area contributed by atoms with Gasteiger partial charge in [-0.2, -0.15) is 0 Å². The van der Waals surface area contributed by atoms with E-state index in [1.165, 1.54) is 25.3 Å². The van der Waals surface area contributed by atoms with Crippen LogP contribution in [0.4, 0.5) is 4.39 Å². The molecule has 0 atom stereocenters. The molecule has 2 N–H and O–H groups in total. The number of benzene rings is 1. The zero-order chi connectivity index (χ0) is 14.7. The van der Waals surface area contributed by atoms with Crippen LogP contribution >= 0.6 is 0 Å². The van der Waals surface area contributed by atoms with Gasteiger partial charge in [0.25, 0.3) is 5.56 Å². The number of hydrogen-bond donors (Lipinski definition) is 2. The summed E-state index contributed by atoms with van der Waals surface area (Å²) in [7, 11) is 1.45. The van der Waals surface area contributed by atoms with E-state index in [9.17, 15) is 19.1 Å². The first-order valence-corrected chi connectivity index (χ1v) is 5.85. The summed E-state index contributed by atoms with van der Waals surface area (Å²) in [6, 6.07) is 5.21. The minimum atomic E-state index is -0.772. The summed E-state index contributed by atoms with van der Waals surface area (Å²) in [5.41, 5.74) is -1.48. The third kappa shape index (κ3) is 2.62. The highest BCUT2D eigenvalue weighted by molar-refractivity contribution is 5.67. The van der Waals surface area contributed by atoms with Gasteiger partial charge < -0.3 is 9.84 Å². The molecule has 1 aromatic heterocycles. The molecule has 0 aliphatic rings. The average Bonchev–Trinajstić information content (AvgIpc) is 2.38. The molecule has 0 saturated carbocycles. The Labute approximate surface area is 113 Å². The van der Waals surface area contributed by atoms with Crippen LogP contribution in [-0.2, 0) is 11.3 Å². The lowest BCUT2D eigenvalue weighted by molar-refractivity contribution is 0.182. The van der Waals surface area contributed by atoms with Gasteiger partial charge in [0.1, 0.15) is 11.4 Å². The highest BCUT2D eigenvalue weighted by Crippen LogP contribution is 2.24. The fourth-order valence-electron chi connectivity index (χ4n) is 1.85. The summed E-state index contributed by atoms with van der Waals surface area (Å²) in [5, 5.41) is 10.1. The van der Waals surface area contributed by atoms with Crippen molar-refractivity contribution < 1.29 is 14.2 Å². The van der Waals surface area contributed by atoms with E-state index < -0.39 is 22.9 Å². The lowest BCUT2D eigenvalue weighted by Crippen LogP contribution is -2.32. The normalized spacial score (nSPS) is 10.7. The first-order valence-electron chi connectivity index (χ1n) is 5.85. The monoisotopic (exact) mass is 280 g/mol. The Balaban J connectivity index is 2.64. The number of aromatic amines is 1. The molecule has 0 aliphatic heterocycles. The van der Waals surface area contributed by atoms with Crippen LogP contribution in [0.1, 0.15) is 0 Å². The summed E-state index contributed by atoms with van der Waals surface area (Å²) >= 11 is 0. The van der Waals surface area contributed by atoms with Crippen molar-refractivity contribution in [1.29, 1.82) is 0 Å². The third-order valence-electron chi connectivity index (χ3n) is 2.80. The summed E-state index contributed by atoms with van der Waals surface area (Å²) in [6.07, 6.45) is 0. The van der Waals surface area contributed by atoms with Gasteiger partial charge in [0.2, 0.25) is 5.88 Å². The van der Waals surface area contributed by atoms with Crippen LogP contribution in [0.3, 0.4) is 0 Å². The molecule has 1 aromatic carbocycles. The van der Waals surface area contributed by atoms with Crippen molar-refractivity contribution in [2.24, 2.45) is 0 Å². The third-order valence-corrected chi connectivity index (χ3v) is 2.80. The molecule has 0 unspecified atom stereocenters. The number of aromatic hydroxyl groups is 1. The second-order valence-corrected chi connectivity index (χ2v) is 4.11. The van der Waals surface area contributed by atoms with Gasteiger partial charge in [-0.15, -0.1) is 0 Å². The van der Waals surface area contributed by atoms with Gasteiger partial charge in [0.15, 0.2) is 0 Å². The first-order chi connectivity index (χ1) is 9.54. The summed E-state index contributed by atoms with van der Waals surface area (Å²) in [5.74, 6) is -1.06. The van der Waals surface area contributed by atoms with Crippen molar-refractivity contribution in [2.75, 3.05) is 13.7 Å². The molecule has 7 heteroatoms. The topological polar surface area (TPSA) is 84.3 Å². The fraction of sp³-hybridized carbons (Fsp3) is 0.231. The number of nitrogens with zero attached hydrogens (tertiary/aromatic N) is 1. The Morgan fingerprint density at radius 1 is 1.40 bits per heavy atom. The average molecular weight is 280 g/mol. The Kier molecular flexibility index (Phi) is 3.99. The molecule has 0 amide bonds. The highest BCUT2D eigenvalue weighted by atomic mass is 19.1. The fourth-order valence-corrected chi connectivity index (χ4v) is 1.85. The molecule has 2 aromatic rings. The Morgan fingerprint density at radius 2 is 2.15 bits per heavy atom. The van der Waals surface area contributed by atoms with Gasteiger partial charge in [-0.1, -0.05) is 12.1 Å². The van der Waals surface area contributed by atoms with Gasteiger partial charge in [-0.25, -0.2) is 9.18 Å². The standard InChI is InChI=1S/C13H13FN2O4/c1-20-6-5-16-12(18)10(11(17)15-13(16)19)8-3-2-4-9(14)7-8/h2-4,7,18H,5-6H2,1H3,(H,15,17,19). The van der Waals surface area contributed by atoms with E-state index >= 15 is 0 Å². The van der Waals surface area contributed by atoms with Crippen LogP contribution in [-0.4, -0.2) is 28.4 Å². The van der Waals surface area contributed by atoms with E-state index in [1.54, 1.807) is 0 Å². The molecule has 106 valence electrons. The quantitative estimate of drug-likeness (QED) is 0.863. The lowest BCUT2D eigenvalue weighted by atomic mass is 10.1. The molecule has 1 heterocycles. The smallest absolute Gasteiger partial charge is 0.331 e. The minimum Gasteiger partial charge on any atom is -0.494 e. The van der Waals surface area contributed by atoms with Crippen LogP contribution in [0.25, 0.3) is 11.1 Å². The van der Waals surface area contributed by atoms with Gasteiger partial charge in [-0.05, 0) is 17.7 Å². The maximum absolute atomic E-state index is 13.2. The van der Waals surface area contributed by atoms with Crippen LogP contribution in [0.5, 0.6) is 5.88 Å². The van der Waals surface area contributed by atoms with Gasteiger partial charge in [-0.3, -0.25) is 14.3 Å². The van der Waals surface area contributed by atoms with Crippen molar-refractivity contribution in [3.05, 3.63) is 50.9 Å². The number of hydrogen-bond acceptors (Lipinski definition) is 4. The van der Waals surface area contributed by atoms with E-state index in [-0.39, 0.29) is 24.3 Å². The molecule has 0 spiro atoms. The number of methoxy groups -OCH3 is 1. The number of halogens is 1. The zero-order valence-electron chi connectivity index (χ0n) is 10.7. The predicted molar refractivity (Wildman–Crippen MR) is 70.3 cm³/mol.